The predicted octanol–water partition coefficient (Wildman–Crippen LogP) is 3.52. The van der Waals surface area contributed by atoms with Crippen LogP contribution in [0.2, 0.25) is 0 Å². The third-order valence-corrected chi connectivity index (χ3v) is 4.27. The Labute approximate surface area is 167 Å². The summed E-state index contributed by atoms with van der Waals surface area (Å²) in [7, 11) is 6.27. The van der Waals surface area contributed by atoms with Crippen LogP contribution in [0.5, 0.6) is 23.0 Å². The fraction of sp³-hybridized carbons (Fsp3) is 0.211. The first-order chi connectivity index (χ1) is 13.6. The first kappa shape index (κ1) is 19.4. The molecule has 8 nitrogen and oxygen atoms in total. The molecule has 3 aromatic rings. The summed E-state index contributed by atoms with van der Waals surface area (Å²) in [5, 5.41) is 11.5. The topological polar surface area (TPSA) is 82.9 Å². The summed E-state index contributed by atoms with van der Waals surface area (Å²) in [6, 6.07) is 11.1. The molecule has 0 unspecified atom stereocenters. The number of hydrogen-bond acceptors (Lipinski definition) is 7. The summed E-state index contributed by atoms with van der Waals surface area (Å²) in [6.07, 6.45) is 1.63. The van der Waals surface area contributed by atoms with E-state index in [1.165, 1.54) is 4.68 Å². The largest absolute Gasteiger partial charge is 0.496 e. The van der Waals surface area contributed by atoms with Gasteiger partial charge in [-0.1, -0.05) is 12.1 Å². The molecule has 1 aromatic heterocycles. The lowest BCUT2D eigenvalue weighted by molar-refractivity contribution is 0.324. The number of ether oxygens (including phenoxy) is 4. The average Bonchev–Trinajstić information content (AvgIpc) is 3.11. The Hall–Kier alpha value is -3.33. The van der Waals surface area contributed by atoms with Crippen molar-refractivity contribution in [1.29, 1.82) is 0 Å². The lowest BCUT2D eigenvalue weighted by Crippen LogP contribution is -1.99. The van der Waals surface area contributed by atoms with Crippen molar-refractivity contribution in [2.24, 2.45) is 5.10 Å². The molecule has 1 N–H and O–H groups in total. The van der Waals surface area contributed by atoms with E-state index < -0.39 is 0 Å². The monoisotopic (exact) mass is 400 g/mol. The van der Waals surface area contributed by atoms with Crippen LogP contribution in [-0.2, 0) is 0 Å². The highest BCUT2D eigenvalue weighted by molar-refractivity contribution is 7.71. The molecular weight excluding hydrogens is 380 g/mol. The maximum absolute atomic E-state index is 5.41. The summed E-state index contributed by atoms with van der Waals surface area (Å²) in [6.45, 7) is 0. The Bertz CT molecular complexity index is 1030. The van der Waals surface area contributed by atoms with Gasteiger partial charge in [-0.15, -0.1) is 0 Å². The molecule has 0 spiro atoms. The minimum Gasteiger partial charge on any atom is -0.496 e. The number of benzene rings is 2. The van der Waals surface area contributed by atoms with Gasteiger partial charge in [-0.05, 0) is 36.5 Å². The fourth-order valence-electron chi connectivity index (χ4n) is 2.70. The summed E-state index contributed by atoms with van der Waals surface area (Å²) < 4.78 is 23.4. The molecule has 28 heavy (non-hydrogen) atoms. The highest BCUT2D eigenvalue weighted by Gasteiger charge is 2.14. The van der Waals surface area contributed by atoms with Gasteiger partial charge >= 0.3 is 0 Å². The first-order valence-corrected chi connectivity index (χ1v) is 8.69. The smallest absolute Gasteiger partial charge is 0.216 e. The van der Waals surface area contributed by atoms with Gasteiger partial charge in [0.2, 0.25) is 10.5 Å². The number of methoxy groups -OCH3 is 4. The summed E-state index contributed by atoms with van der Waals surface area (Å²) in [5.41, 5.74) is 1.50. The molecule has 0 atom stereocenters. The number of para-hydroxylation sites is 1. The van der Waals surface area contributed by atoms with E-state index in [9.17, 15) is 0 Å². The standard InChI is InChI=1S/C19H20N4O4S/c1-24-14-8-6-5-7-13(14)18-21-22-19(28)23(18)20-11-12-9-15(25-2)17(27-4)16(10-12)26-3/h5-11H,1-4H3,(H,22,28)/b20-11+. The Kier molecular flexibility index (Phi) is 5.95. The van der Waals surface area contributed by atoms with Crippen LogP contribution in [-0.4, -0.2) is 49.5 Å². The van der Waals surface area contributed by atoms with Gasteiger partial charge in [0, 0.05) is 5.56 Å². The fourth-order valence-corrected chi connectivity index (χ4v) is 2.88. The van der Waals surface area contributed by atoms with E-state index in [0.717, 1.165) is 11.1 Å². The Balaban J connectivity index is 2.05. The van der Waals surface area contributed by atoms with E-state index in [1.807, 2.05) is 24.3 Å². The highest BCUT2D eigenvalue weighted by atomic mass is 32.1. The molecule has 1 heterocycles. The van der Waals surface area contributed by atoms with Crippen LogP contribution in [0.4, 0.5) is 0 Å². The molecule has 146 valence electrons. The lowest BCUT2D eigenvalue weighted by atomic mass is 10.2. The van der Waals surface area contributed by atoms with Gasteiger partial charge in [-0.25, -0.2) is 5.10 Å². The Morgan fingerprint density at radius 3 is 2.21 bits per heavy atom. The van der Waals surface area contributed by atoms with Crippen LogP contribution in [0.15, 0.2) is 41.5 Å². The Morgan fingerprint density at radius 2 is 1.61 bits per heavy atom. The predicted molar refractivity (Wildman–Crippen MR) is 108 cm³/mol. The lowest BCUT2D eigenvalue weighted by Gasteiger charge is -2.12. The van der Waals surface area contributed by atoms with E-state index in [-0.39, 0.29) is 0 Å². The van der Waals surface area contributed by atoms with Crippen LogP contribution >= 0.6 is 12.2 Å². The third kappa shape index (κ3) is 3.70. The quantitative estimate of drug-likeness (QED) is 0.483. The van der Waals surface area contributed by atoms with E-state index in [1.54, 1.807) is 46.8 Å². The Morgan fingerprint density at radius 1 is 0.964 bits per heavy atom. The molecule has 2 aromatic carbocycles. The summed E-state index contributed by atoms with van der Waals surface area (Å²) in [5.74, 6) is 2.77. The maximum Gasteiger partial charge on any atom is 0.216 e. The van der Waals surface area contributed by atoms with Crippen molar-refractivity contribution in [1.82, 2.24) is 14.9 Å². The van der Waals surface area contributed by atoms with Gasteiger partial charge in [0.1, 0.15) is 5.75 Å². The molecule has 0 bridgehead atoms. The van der Waals surface area contributed by atoms with Gasteiger partial charge in [0.25, 0.3) is 0 Å². The summed E-state index contributed by atoms with van der Waals surface area (Å²) in [4.78, 5) is 0. The number of nitrogens with zero attached hydrogens (tertiary/aromatic N) is 3. The molecule has 0 fully saturated rings. The number of aromatic nitrogens is 3. The molecule has 3 rings (SSSR count). The van der Waals surface area contributed by atoms with Crippen molar-refractivity contribution in [3.05, 3.63) is 46.7 Å². The first-order valence-electron chi connectivity index (χ1n) is 8.28. The van der Waals surface area contributed by atoms with E-state index in [2.05, 4.69) is 15.3 Å². The second-order valence-electron chi connectivity index (χ2n) is 5.57. The van der Waals surface area contributed by atoms with Crippen molar-refractivity contribution in [2.45, 2.75) is 0 Å². The summed E-state index contributed by atoms with van der Waals surface area (Å²) >= 11 is 5.33. The SMILES string of the molecule is COc1ccccc1-c1n[nH]c(=S)n1/N=C/c1cc(OC)c(OC)c(OC)c1. The number of H-pyrrole nitrogens is 1. The van der Waals surface area contributed by atoms with Gasteiger partial charge < -0.3 is 18.9 Å². The van der Waals surface area contributed by atoms with Gasteiger partial charge in [-0.3, -0.25) is 0 Å². The van der Waals surface area contributed by atoms with Crippen molar-refractivity contribution >= 4 is 18.4 Å². The molecule has 0 radical (unpaired) electrons. The molecule has 0 saturated heterocycles. The van der Waals surface area contributed by atoms with Crippen molar-refractivity contribution in [2.75, 3.05) is 28.4 Å². The van der Waals surface area contributed by atoms with Crippen LogP contribution in [0.25, 0.3) is 11.4 Å². The minimum absolute atomic E-state index is 0.351. The van der Waals surface area contributed by atoms with Crippen LogP contribution in [0.3, 0.4) is 0 Å². The molecule has 0 saturated carbocycles. The minimum atomic E-state index is 0.351. The van der Waals surface area contributed by atoms with Gasteiger partial charge in [0.15, 0.2) is 17.3 Å². The maximum atomic E-state index is 5.41. The van der Waals surface area contributed by atoms with E-state index >= 15 is 0 Å². The number of nitrogens with one attached hydrogen (secondary N) is 1. The molecule has 0 aliphatic rings. The third-order valence-electron chi connectivity index (χ3n) is 4.01. The molecular formula is C19H20N4O4S. The second-order valence-corrected chi connectivity index (χ2v) is 5.95. The molecule has 0 aliphatic heterocycles. The molecule has 9 heteroatoms. The van der Waals surface area contributed by atoms with E-state index in [4.69, 9.17) is 31.2 Å². The van der Waals surface area contributed by atoms with Gasteiger partial charge in [0.05, 0.1) is 40.2 Å². The zero-order chi connectivity index (χ0) is 20.1. The highest BCUT2D eigenvalue weighted by Crippen LogP contribution is 2.37. The molecule has 0 aliphatic carbocycles. The zero-order valence-corrected chi connectivity index (χ0v) is 16.7. The normalized spacial score (nSPS) is 10.9. The van der Waals surface area contributed by atoms with E-state index in [0.29, 0.717) is 33.6 Å². The molecule has 0 amide bonds. The van der Waals surface area contributed by atoms with Crippen LogP contribution in [0, 0.1) is 4.77 Å². The van der Waals surface area contributed by atoms with Gasteiger partial charge in [-0.2, -0.15) is 14.9 Å². The number of hydrogen-bond donors (Lipinski definition) is 1. The van der Waals surface area contributed by atoms with Crippen molar-refractivity contribution in [3.63, 3.8) is 0 Å². The average molecular weight is 400 g/mol. The van der Waals surface area contributed by atoms with Crippen LogP contribution in [0.1, 0.15) is 5.56 Å². The van der Waals surface area contributed by atoms with Crippen molar-refractivity contribution < 1.29 is 18.9 Å². The number of aromatic amines is 1. The zero-order valence-electron chi connectivity index (χ0n) is 15.9. The number of rotatable bonds is 7. The second kappa shape index (κ2) is 8.57. The van der Waals surface area contributed by atoms with Crippen LogP contribution < -0.4 is 18.9 Å². The van der Waals surface area contributed by atoms with Crippen molar-refractivity contribution in [3.8, 4) is 34.4 Å².